The van der Waals surface area contributed by atoms with Crippen molar-refractivity contribution in [3.63, 3.8) is 0 Å². The third kappa shape index (κ3) is 6.46. The van der Waals surface area contributed by atoms with Crippen molar-refractivity contribution < 1.29 is 42.5 Å². The number of amides is 4. The second-order valence-corrected chi connectivity index (χ2v) is 9.95. The van der Waals surface area contributed by atoms with Crippen LogP contribution in [0.5, 0.6) is 0 Å². The number of carbonyl (C=O) groups excluding carboxylic acids is 4. The van der Waals surface area contributed by atoms with E-state index in [4.69, 9.17) is 9.47 Å². The quantitative estimate of drug-likeness (QED) is 0.308. The van der Waals surface area contributed by atoms with Gasteiger partial charge in [-0.3, -0.25) is 18.9 Å². The zero-order valence-corrected chi connectivity index (χ0v) is 23.6. The Morgan fingerprint density at radius 3 is 2.57 bits per heavy atom. The molecule has 2 saturated heterocycles. The Balaban J connectivity index is 1.17. The number of anilines is 2. The molecule has 15 nitrogen and oxygen atoms in total. The fourth-order valence-electron chi connectivity index (χ4n) is 4.96. The van der Waals surface area contributed by atoms with E-state index in [1.807, 2.05) is 0 Å². The van der Waals surface area contributed by atoms with E-state index in [0.717, 1.165) is 17.0 Å². The van der Waals surface area contributed by atoms with Crippen LogP contribution in [0, 0.1) is 11.6 Å². The van der Waals surface area contributed by atoms with E-state index in [9.17, 15) is 24.3 Å². The van der Waals surface area contributed by atoms with Gasteiger partial charge < -0.3 is 35.0 Å². The Hall–Kier alpha value is -5.06. The molecule has 234 valence electrons. The number of piperazine rings is 1. The largest absolute Gasteiger partial charge is 0.450 e. The van der Waals surface area contributed by atoms with Gasteiger partial charge in [0.2, 0.25) is 11.7 Å². The lowest BCUT2D eigenvalue weighted by atomic mass is 10.1. The molecular formula is C27H30F2N8O7. The Kier molecular flexibility index (Phi) is 9.03. The van der Waals surface area contributed by atoms with Crippen LogP contribution in [0.1, 0.15) is 17.4 Å². The first-order valence-corrected chi connectivity index (χ1v) is 13.8. The molecule has 2 atom stereocenters. The lowest BCUT2D eigenvalue weighted by molar-refractivity contribution is -0.134. The number of aromatic nitrogens is 3. The van der Waals surface area contributed by atoms with Crippen LogP contribution in [0.2, 0.25) is 0 Å². The molecule has 0 unspecified atom stereocenters. The predicted octanol–water partition coefficient (Wildman–Crippen LogP) is 0.518. The van der Waals surface area contributed by atoms with Crippen molar-refractivity contribution in [2.24, 2.45) is 0 Å². The number of benzene rings is 1. The van der Waals surface area contributed by atoms with Gasteiger partial charge in [0.1, 0.15) is 23.5 Å². The maximum absolute atomic E-state index is 15.2. The van der Waals surface area contributed by atoms with Crippen LogP contribution in [0.15, 0.2) is 36.8 Å². The first-order valence-electron chi connectivity index (χ1n) is 13.8. The average molecular weight is 617 g/mol. The second kappa shape index (κ2) is 13.1. The normalized spacial score (nSPS) is 17.4. The summed E-state index contributed by atoms with van der Waals surface area (Å²) in [6.45, 7) is 1.33. The Bertz CT molecular complexity index is 1510. The number of halogens is 2. The smallest absolute Gasteiger partial charge is 0.414 e. The highest BCUT2D eigenvalue weighted by Gasteiger charge is 2.35. The van der Waals surface area contributed by atoms with Gasteiger partial charge in [-0.25, -0.2) is 28.3 Å². The molecule has 0 spiro atoms. The number of cyclic esters (lactones) is 1. The molecule has 5 rings (SSSR count). The summed E-state index contributed by atoms with van der Waals surface area (Å²) in [7, 11) is 0. The molecule has 17 heteroatoms. The highest BCUT2D eigenvalue weighted by molar-refractivity contribution is 5.96. The van der Waals surface area contributed by atoms with Crippen LogP contribution in [-0.2, 0) is 14.3 Å². The van der Waals surface area contributed by atoms with Crippen LogP contribution in [0.4, 0.5) is 29.7 Å². The summed E-state index contributed by atoms with van der Waals surface area (Å²) < 4.78 is 41.9. The molecule has 2 aliphatic rings. The third-order valence-electron chi connectivity index (χ3n) is 7.10. The fraction of sp³-hybridized carbons (Fsp3) is 0.407. The lowest BCUT2D eigenvalue weighted by Crippen LogP contribution is -2.56. The highest BCUT2D eigenvalue weighted by atomic mass is 19.1. The number of nitrogens with one attached hydrogen (secondary N) is 2. The molecule has 0 radical (unpaired) electrons. The van der Waals surface area contributed by atoms with Gasteiger partial charge in [0, 0.05) is 56.9 Å². The molecule has 0 aliphatic carbocycles. The fourth-order valence-corrected chi connectivity index (χ4v) is 4.96. The topological polar surface area (TPSA) is 171 Å². The number of ether oxygens (including phenoxy) is 2. The number of hydrogen-bond donors (Lipinski definition) is 3. The van der Waals surface area contributed by atoms with E-state index in [1.165, 1.54) is 26.6 Å². The second-order valence-electron chi connectivity index (χ2n) is 9.95. The van der Waals surface area contributed by atoms with Gasteiger partial charge in [-0.15, -0.1) is 0 Å². The predicted molar refractivity (Wildman–Crippen MR) is 149 cm³/mol. The van der Waals surface area contributed by atoms with Crippen molar-refractivity contribution in [2.75, 3.05) is 62.3 Å². The van der Waals surface area contributed by atoms with E-state index in [1.54, 1.807) is 19.2 Å². The van der Waals surface area contributed by atoms with Crippen molar-refractivity contribution in [1.29, 1.82) is 0 Å². The standard InChI is InChI=1S/C27H30F2N8O7/c1-2-43-26(41)31-12-17-13-37(27(42)44-17)16-10-18(28)22(19(29)11-16)34-6-8-35(9-7-34)24(40)21(15-38)32-23(39)20-14-36-5-3-4-30-25(36)33-20/h3-5,10-11,14,17,21,38H,2,6-9,12-13,15H2,1H3,(H,31,41)(H,32,39)/t17-,21-/m0/s1. The van der Waals surface area contributed by atoms with Crippen LogP contribution < -0.4 is 20.4 Å². The molecule has 4 heterocycles. The van der Waals surface area contributed by atoms with Gasteiger partial charge in [-0.1, -0.05) is 0 Å². The molecule has 3 aromatic rings. The van der Waals surface area contributed by atoms with Crippen molar-refractivity contribution >= 4 is 41.2 Å². The number of nitrogens with zero attached hydrogens (tertiary/aromatic N) is 6. The van der Waals surface area contributed by atoms with Crippen LogP contribution in [0.25, 0.3) is 5.78 Å². The van der Waals surface area contributed by atoms with Crippen LogP contribution in [-0.4, -0.2) is 113 Å². The van der Waals surface area contributed by atoms with E-state index >= 15 is 8.78 Å². The molecule has 3 N–H and O–H groups in total. The summed E-state index contributed by atoms with van der Waals surface area (Å²) in [6.07, 6.45) is 2.38. The molecule has 0 saturated carbocycles. The summed E-state index contributed by atoms with van der Waals surface area (Å²) >= 11 is 0. The lowest BCUT2D eigenvalue weighted by Gasteiger charge is -2.37. The molecule has 44 heavy (non-hydrogen) atoms. The molecule has 0 bridgehead atoms. The van der Waals surface area contributed by atoms with Crippen molar-refractivity contribution in [2.45, 2.75) is 19.1 Å². The van der Waals surface area contributed by atoms with Gasteiger partial charge in [-0.05, 0) is 13.0 Å². The molecule has 2 aromatic heterocycles. The molecule has 2 fully saturated rings. The van der Waals surface area contributed by atoms with E-state index < -0.39 is 54.4 Å². The first-order chi connectivity index (χ1) is 21.2. The summed E-state index contributed by atoms with van der Waals surface area (Å²) in [5.74, 6) is -2.76. The SMILES string of the molecule is CCOC(=O)NC[C@H]1CN(c2cc(F)c(N3CCN(C(=O)[C@H](CO)NC(=O)c4cn5cccnc5n4)CC3)c(F)c2)C(=O)O1. The number of hydrogen-bond acceptors (Lipinski definition) is 10. The minimum atomic E-state index is -1.25. The number of aliphatic hydroxyl groups is 1. The van der Waals surface area contributed by atoms with E-state index in [0.29, 0.717) is 5.78 Å². The Morgan fingerprint density at radius 2 is 1.91 bits per heavy atom. The van der Waals surface area contributed by atoms with Crippen molar-refractivity contribution in [1.82, 2.24) is 29.9 Å². The number of imidazole rings is 1. The van der Waals surface area contributed by atoms with Gasteiger partial charge >= 0.3 is 12.2 Å². The number of fused-ring (bicyclic) bond motifs is 1. The molecule has 4 amide bonds. The van der Waals surface area contributed by atoms with Gasteiger partial charge in [0.25, 0.3) is 5.91 Å². The van der Waals surface area contributed by atoms with Gasteiger partial charge in [0.05, 0.1) is 32.0 Å². The number of rotatable bonds is 9. The van der Waals surface area contributed by atoms with Gasteiger partial charge in [0.15, 0.2) is 11.6 Å². The maximum atomic E-state index is 15.2. The molecule has 2 aliphatic heterocycles. The monoisotopic (exact) mass is 616 g/mol. The van der Waals surface area contributed by atoms with E-state index in [2.05, 4.69) is 20.6 Å². The number of carbonyl (C=O) groups is 4. The third-order valence-corrected chi connectivity index (χ3v) is 7.10. The average Bonchev–Trinajstić information content (AvgIpc) is 3.62. The number of alkyl carbamates (subject to hydrolysis) is 1. The molecular weight excluding hydrogens is 586 g/mol. The minimum Gasteiger partial charge on any atom is -0.450 e. The zero-order valence-electron chi connectivity index (χ0n) is 23.6. The Labute approximate surface area is 249 Å². The van der Waals surface area contributed by atoms with Gasteiger partial charge in [-0.2, -0.15) is 0 Å². The maximum Gasteiger partial charge on any atom is 0.414 e. The number of aliphatic hydroxyl groups excluding tert-OH is 1. The summed E-state index contributed by atoms with van der Waals surface area (Å²) in [5.41, 5.74) is -0.356. The van der Waals surface area contributed by atoms with Crippen molar-refractivity contribution in [3.8, 4) is 0 Å². The summed E-state index contributed by atoms with van der Waals surface area (Å²) in [6, 6.07) is 2.45. The zero-order chi connectivity index (χ0) is 31.4. The first kappa shape index (κ1) is 30.4. The van der Waals surface area contributed by atoms with Crippen molar-refractivity contribution in [3.05, 3.63) is 54.1 Å². The summed E-state index contributed by atoms with van der Waals surface area (Å²) in [4.78, 5) is 61.6. The molecule has 1 aromatic carbocycles. The Morgan fingerprint density at radius 1 is 1.18 bits per heavy atom. The highest BCUT2D eigenvalue weighted by Crippen LogP contribution is 2.31. The summed E-state index contributed by atoms with van der Waals surface area (Å²) in [5, 5.41) is 14.7. The van der Waals surface area contributed by atoms with E-state index in [-0.39, 0.29) is 62.9 Å². The van der Waals surface area contributed by atoms with Crippen LogP contribution in [0.3, 0.4) is 0 Å². The van der Waals surface area contributed by atoms with Crippen LogP contribution >= 0.6 is 0 Å². The minimum absolute atomic E-state index is 0.0141.